The van der Waals surface area contributed by atoms with Gasteiger partial charge in [0.1, 0.15) is 5.52 Å². The topological polar surface area (TPSA) is 56.7 Å². The largest absolute Gasteiger partial charge is 0.369 e. The van der Waals surface area contributed by atoms with Crippen LogP contribution in [0.2, 0.25) is 0 Å². The number of imidazole rings is 1. The Bertz CT molecular complexity index is 969. The fourth-order valence-corrected chi connectivity index (χ4v) is 2.64. The molecule has 0 radical (unpaired) electrons. The van der Waals surface area contributed by atoms with Crippen LogP contribution in [0.15, 0.2) is 54.6 Å². The molecule has 2 aromatic heterocycles. The molecule has 2 N–H and O–H groups in total. The summed E-state index contributed by atoms with van der Waals surface area (Å²) in [5.74, 6) is 0.457. The van der Waals surface area contributed by atoms with E-state index >= 15 is 0 Å². The summed E-state index contributed by atoms with van der Waals surface area (Å²) in [4.78, 5) is 8.96. The van der Waals surface area contributed by atoms with Gasteiger partial charge in [0.2, 0.25) is 5.95 Å². The van der Waals surface area contributed by atoms with Crippen molar-refractivity contribution < 1.29 is 0 Å². The van der Waals surface area contributed by atoms with Gasteiger partial charge in [0.25, 0.3) is 0 Å². The molecule has 0 unspecified atom stereocenters. The molecule has 2 heterocycles. The van der Waals surface area contributed by atoms with Crippen LogP contribution in [-0.4, -0.2) is 14.5 Å². The zero-order valence-corrected chi connectivity index (χ0v) is 11.6. The van der Waals surface area contributed by atoms with Gasteiger partial charge in [0.15, 0.2) is 5.65 Å². The molecule has 0 aliphatic rings. The molecule has 4 rings (SSSR count). The van der Waals surface area contributed by atoms with Gasteiger partial charge in [0, 0.05) is 5.69 Å². The first-order valence-corrected chi connectivity index (χ1v) is 6.83. The molecule has 0 amide bonds. The van der Waals surface area contributed by atoms with E-state index in [0.717, 1.165) is 22.5 Å². The van der Waals surface area contributed by atoms with Crippen LogP contribution in [-0.2, 0) is 0 Å². The standard InChI is InChI=1S/C17H14N4/c1-11-6-9-15-16(19-11)21(17(18)20-15)14-8-7-12-4-2-3-5-13(12)10-14/h2-10H,1H3,(H2,18,20). The number of nitrogen functional groups attached to an aromatic ring is 1. The second kappa shape index (κ2) is 4.31. The first-order chi connectivity index (χ1) is 10.2. The van der Waals surface area contributed by atoms with Crippen LogP contribution in [0.25, 0.3) is 27.6 Å². The highest BCUT2D eigenvalue weighted by molar-refractivity contribution is 5.86. The molecule has 21 heavy (non-hydrogen) atoms. The number of hydrogen-bond donors (Lipinski definition) is 1. The number of anilines is 1. The molecular formula is C17H14N4. The number of pyridine rings is 1. The van der Waals surface area contributed by atoms with Gasteiger partial charge < -0.3 is 5.73 Å². The highest BCUT2D eigenvalue weighted by atomic mass is 15.2. The van der Waals surface area contributed by atoms with E-state index in [1.807, 2.05) is 41.8 Å². The van der Waals surface area contributed by atoms with Crippen molar-refractivity contribution in [3.8, 4) is 5.69 Å². The number of aromatic nitrogens is 3. The summed E-state index contributed by atoms with van der Waals surface area (Å²) in [5.41, 5.74) is 9.62. The first-order valence-electron chi connectivity index (χ1n) is 6.83. The Morgan fingerprint density at radius 3 is 2.57 bits per heavy atom. The Balaban J connectivity index is 2.03. The number of hydrogen-bond acceptors (Lipinski definition) is 3. The Labute approximate surface area is 121 Å². The summed E-state index contributed by atoms with van der Waals surface area (Å²) in [5, 5.41) is 2.37. The fourth-order valence-electron chi connectivity index (χ4n) is 2.64. The molecule has 0 aliphatic carbocycles. The van der Waals surface area contributed by atoms with E-state index in [9.17, 15) is 0 Å². The van der Waals surface area contributed by atoms with Crippen molar-refractivity contribution in [1.82, 2.24) is 14.5 Å². The average Bonchev–Trinajstić information content (AvgIpc) is 2.82. The Hall–Kier alpha value is -2.88. The van der Waals surface area contributed by atoms with Crippen LogP contribution in [0.5, 0.6) is 0 Å². The highest BCUT2D eigenvalue weighted by Gasteiger charge is 2.11. The second-order valence-corrected chi connectivity index (χ2v) is 5.13. The van der Waals surface area contributed by atoms with Gasteiger partial charge in [-0.25, -0.2) is 9.97 Å². The third-order valence-corrected chi connectivity index (χ3v) is 3.66. The van der Waals surface area contributed by atoms with E-state index in [4.69, 9.17) is 5.73 Å². The number of fused-ring (bicyclic) bond motifs is 2. The summed E-state index contributed by atoms with van der Waals surface area (Å²) in [6, 6.07) is 18.4. The lowest BCUT2D eigenvalue weighted by atomic mass is 10.1. The van der Waals surface area contributed by atoms with Crippen molar-refractivity contribution in [3.05, 3.63) is 60.3 Å². The monoisotopic (exact) mass is 274 g/mol. The predicted octanol–water partition coefficient (Wildman–Crippen LogP) is 3.46. The van der Waals surface area contributed by atoms with Gasteiger partial charge in [0.05, 0.1) is 5.69 Å². The third-order valence-electron chi connectivity index (χ3n) is 3.66. The summed E-state index contributed by atoms with van der Waals surface area (Å²) >= 11 is 0. The zero-order valence-electron chi connectivity index (χ0n) is 11.6. The van der Waals surface area contributed by atoms with Crippen molar-refractivity contribution in [2.45, 2.75) is 6.92 Å². The van der Waals surface area contributed by atoms with Crippen molar-refractivity contribution in [3.63, 3.8) is 0 Å². The lowest BCUT2D eigenvalue weighted by Crippen LogP contribution is -2.01. The number of nitrogens with zero attached hydrogens (tertiary/aromatic N) is 3. The number of rotatable bonds is 1. The van der Waals surface area contributed by atoms with Crippen LogP contribution < -0.4 is 5.73 Å². The molecule has 0 spiro atoms. The van der Waals surface area contributed by atoms with Crippen LogP contribution in [0, 0.1) is 6.92 Å². The van der Waals surface area contributed by atoms with Gasteiger partial charge in [-0.05, 0) is 42.0 Å². The van der Waals surface area contributed by atoms with E-state index in [-0.39, 0.29) is 0 Å². The molecule has 0 saturated carbocycles. The van der Waals surface area contributed by atoms with E-state index < -0.39 is 0 Å². The molecule has 2 aromatic carbocycles. The average molecular weight is 274 g/mol. The Morgan fingerprint density at radius 1 is 0.905 bits per heavy atom. The van der Waals surface area contributed by atoms with Crippen LogP contribution in [0.4, 0.5) is 5.95 Å². The van der Waals surface area contributed by atoms with Crippen LogP contribution in [0.3, 0.4) is 0 Å². The minimum absolute atomic E-state index is 0.457. The maximum Gasteiger partial charge on any atom is 0.207 e. The second-order valence-electron chi connectivity index (χ2n) is 5.13. The molecule has 0 bridgehead atoms. The summed E-state index contributed by atoms with van der Waals surface area (Å²) < 4.78 is 1.90. The van der Waals surface area contributed by atoms with Gasteiger partial charge in [-0.15, -0.1) is 0 Å². The quantitative estimate of drug-likeness (QED) is 0.578. The first kappa shape index (κ1) is 11.9. The minimum atomic E-state index is 0.457. The zero-order chi connectivity index (χ0) is 14.4. The summed E-state index contributed by atoms with van der Waals surface area (Å²) in [7, 11) is 0. The Kier molecular flexibility index (Phi) is 2.44. The number of nitrogens with two attached hydrogens (primary N) is 1. The van der Waals surface area contributed by atoms with Crippen molar-refractivity contribution in [2.24, 2.45) is 0 Å². The lowest BCUT2D eigenvalue weighted by Gasteiger charge is -2.07. The van der Waals surface area contributed by atoms with Gasteiger partial charge in [-0.1, -0.05) is 30.3 Å². The molecule has 102 valence electrons. The summed E-state index contributed by atoms with van der Waals surface area (Å²) in [6.07, 6.45) is 0. The normalized spacial score (nSPS) is 11.3. The molecule has 4 aromatic rings. The van der Waals surface area contributed by atoms with Gasteiger partial charge in [-0.2, -0.15) is 0 Å². The molecule has 0 atom stereocenters. The molecule has 0 aliphatic heterocycles. The van der Waals surface area contributed by atoms with Crippen molar-refractivity contribution in [1.29, 1.82) is 0 Å². The SMILES string of the molecule is Cc1ccc2nc(N)n(-c3ccc4ccccc4c3)c2n1. The molecule has 4 heteroatoms. The minimum Gasteiger partial charge on any atom is -0.369 e. The maximum absolute atomic E-state index is 6.09. The fraction of sp³-hybridized carbons (Fsp3) is 0.0588. The number of aryl methyl sites for hydroxylation is 1. The maximum atomic E-state index is 6.09. The van der Waals surface area contributed by atoms with Gasteiger partial charge >= 0.3 is 0 Å². The highest BCUT2D eigenvalue weighted by Crippen LogP contribution is 2.24. The number of benzene rings is 2. The van der Waals surface area contributed by atoms with E-state index in [0.29, 0.717) is 5.95 Å². The Morgan fingerprint density at radius 2 is 1.71 bits per heavy atom. The van der Waals surface area contributed by atoms with E-state index in [2.05, 4.69) is 34.2 Å². The van der Waals surface area contributed by atoms with E-state index in [1.165, 1.54) is 10.8 Å². The van der Waals surface area contributed by atoms with E-state index in [1.54, 1.807) is 0 Å². The third kappa shape index (κ3) is 1.84. The van der Waals surface area contributed by atoms with Crippen LogP contribution in [0.1, 0.15) is 5.69 Å². The molecule has 4 nitrogen and oxygen atoms in total. The molecular weight excluding hydrogens is 260 g/mol. The van der Waals surface area contributed by atoms with Gasteiger partial charge in [-0.3, -0.25) is 4.57 Å². The smallest absolute Gasteiger partial charge is 0.207 e. The predicted molar refractivity (Wildman–Crippen MR) is 85.5 cm³/mol. The molecule has 0 saturated heterocycles. The molecule has 0 fully saturated rings. The lowest BCUT2D eigenvalue weighted by molar-refractivity contribution is 1.07. The van der Waals surface area contributed by atoms with Crippen molar-refractivity contribution >= 4 is 27.9 Å². The summed E-state index contributed by atoms with van der Waals surface area (Å²) in [6.45, 7) is 1.97. The van der Waals surface area contributed by atoms with Crippen molar-refractivity contribution in [2.75, 3.05) is 5.73 Å². The van der Waals surface area contributed by atoms with Crippen LogP contribution >= 0.6 is 0 Å².